The van der Waals surface area contributed by atoms with Gasteiger partial charge in [0, 0.05) is 24.7 Å². The molecule has 2 aromatic rings. The van der Waals surface area contributed by atoms with Crippen LogP contribution in [0.5, 0.6) is 0 Å². The standard InChI is InChI=1S/C16H18N4O3/c21-14(22)11-20-9-5-13(19-20)18-15(23)16(6-1-2-7-16)12-4-3-8-17-10-12/h3-5,8-10H,1-2,6-7,11H2,(H,21,22)(H,18,19,23). The second-order valence-electron chi connectivity index (χ2n) is 5.78. The molecule has 2 heterocycles. The van der Waals surface area contributed by atoms with Gasteiger partial charge in [0.05, 0.1) is 5.41 Å². The number of carbonyl (C=O) groups excluding carboxylic acids is 1. The van der Waals surface area contributed by atoms with Gasteiger partial charge in [-0.1, -0.05) is 18.9 Å². The molecule has 1 fully saturated rings. The van der Waals surface area contributed by atoms with E-state index >= 15 is 0 Å². The van der Waals surface area contributed by atoms with Gasteiger partial charge in [0.2, 0.25) is 5.91 Å². The molecule has 0 atom stereocenters. The van der Waals surface area contributed by atoms with Gasteiger partial charge in [0.25, 0.3) is 0 Å². The van der Waals surface area contributed by atoms with Crippen molar-refractivity contribution < 1.29 is 14.7 Å². The van der Waals surface area contributed by atoms with E-state index in [1.807, 2.05) is 12.1 Å². The van der Waals surface area contributed by atoms with Crippen molar-refractivity contribution >= 4 is 17.7 Å². The number of anilines is 1. The van der Waals surface area contributed by atoms with Gasteiger partial charge >= 0.3 is 5.97 Å². The largest absolute Gasteiger partial charge is 0.480 e. The zero-order chi connectivity index (χ0) is 16.3. The number of hydrogen-bond acceptors (Lipinski definition) is 4. The van der Waals surface area contributed by atoms with Gasteiger partial charge in [-0.25, -0.2) is 0 Å². The van der Waals surface area contributed by atoms with E-state index in [-0.39, 0.29) is 12.5 Å². The maximum absolute atomic E-state index is 12.9. The summed E-state index contributed by atoms with van der Waals surface area (Å²) in [6.07, 6.45) is 8.52. The summed E-state index contributed by atoms with van der Waals surface area (Å²) >= 11 is 0. The van der Waals surface area contributed by atoms with E-state index in [9.17, 15) is 9.59 Å². The van der Waals surface area contributed by atoms with Crippen molar-refractivity contribution in [1.82, 2.24) is 14.8 Å². The fraction of sp³-hybridized carbons (Fsp3) is 0.375. The second kappa shape index (κ2) is 6.20. The first-order chi connectivity index (χ1) is 11.1. The van der Waals surface area contributed by atoms with E-state index in [4.69, 9.17) is 5.11 Å². The smallest absolute Gasteiger partial charge is 0.325 e. The van der Waals surface area contributed by atoms with Crippen LogP contribution in [-0.4, -0.2) is 31.7 Å². The maximum atomic E-state index is 12.9. The van der Waals surface area contributed by atoms with E-state index in [0.717, 1.165) is 31.2 Å². The van der Waals surface area contributed by atoms with Crippen molar-refractivity contribution in [2.45, 2.75) is 37.6 Å². The summed E-state index contributed by atoms with van der Waals surface area (Å²) in [7, 11) is 0. The Morgan fingerprint density at radius 2 is 2.09 bits per heavy atom. The number of carbonyl (C=O) groups is 2. The Morgan fingerprint density at radius 3 is 2.74 bits per heavy atom. The third kappa shape index (κ3) is 3.08. The number of nitrogens with one attached hydrogen (secondary N) is 1. The Hall–Kier alpha value is -2.70. The highest BCUT2D eigenvalue weighted by molar-refractivity contribution is 5.98. The summed E-state index contributed by atoms with van der Waals surface area (Å²) < 4.78 is 1.28. The highest BCUT2D eigenvalue weighted by Gasteiger charge is 2.43. The fourth-order valence-corrected chi connectivity index (χ4v) is 3.16. The molecule has 2 N–H and O–H groups in total. The van der Waals surface area contributed by atoms with Gasteiger partial charge in [-0.3, -0.25) is 19.3 Å². The highest BCUT2D eigenvalue weighted by atomic mass is 16.4. The molecule has 7 heteroatoms. The number of carboxylic acid groups (broad SMARTS) is 1. The van der Waals surface area contributed by atoms with E-state index in [1.165, 1.54) is 10.9 Å². The summed E-state index contributed by atoms with van der Waals surface area (Å²) in [5.74, 6) is -0.719. The van der Waals surface area contributed by atoms with Gasteiger partial charge in [-0.15, -0.1) is 0 Å². The zero-order valence-corrected chi connectivity index (χ0v) is 12.6. The summed E-state index contributed by atoms with van der Waals surface area (Å²) in [4.78, 5) is 27.7. The molecule has 2 aromatic heterocycles. The monoisotopic (exact) mass is 314 g/mol. The fourth-order valence-electron chi connectivity index (χ4n) is 3.16. The molecule has 23 heavy (non-hydrogen) atoms. The van der Waals surface area contributed by atoms with Crippen molar-refractivity contribution in [3.05, 3.63) is 42.4 Å². The number of rotatable bonds is 5. The van der Waals surface area contributed by atoms with E-state index in [2.05, 4.69) is 15.4 Å². The minimum absolute atomic E-state index is 0.108. The van der Waals surface area contributed by atoms with Gasteiger partial charge in [0.15, 0.2) is 5.82 Å². The lowest BCUT2D eigenvalue weighted by atomic mass is 9.79. The lowest BCUT2D eigenvalue weighted by Gasteiger charge is -2.27. The molecule has 1 saturated carbocycles. The number of pyridine rings is 1. The van der Waals surface area contributed by atoms with Crippen LogP contribution in [0, 0.1) is 0 Å². The Labute approximate surface area is 133 Å². The molecule has 0 aliphatic heterocycles. The molecule has 7 nitrogen and oxygen atoms in total. The quantitative estimate of drug-likeness (QED) is 0.877. The molecule has 1 aliphatic rings. The van der Waals surface area contributed by atoms with Crippen LogP contribution in [0.3, 0.4) is 0 Å². The molecule has 0 aromatic carbocycles. The van der Waals surface area contributed by atoms with Gasteiger partial charge in [0.1, 0.15) is 6.54 Å². The van der Waals surface area contributed by atoms with Crippen molar-refractivity contribution in [2.75, 3.05) is 5.32 Å². The predicted molar refractivity (Wildman–Crippen MR) is 82.9 cm³/mol. The van der Waals surface area contributed by atoms with Crippen LogP contribution >= 0.6 is 0 Å². The van der Waals surface area contributed by atoms with Crippen molar-refractivity contribution in [1.29, 1.82) is 0 Å². The molecule has 1 aliphatic carbocycles. The van der Waals surface area contributed by atoms with E-state index in [1.54, 1.807) is 18.5 Å². The Balaban J connectivity index is 1.80. The Bertz CT molecular complexity index is 705. The molecule has 3 rings (SSSR count). The van der Waals surface area contributed by atoms with Crippen molar-refractivity contribution in [2.24, 2.45) is 0 Å². The Morgan fingerprint density at radius 1 is 1.30 bits per heavy atom. The average molecular weight is 314 g/mol. The number of nitrogens with zero attached hydrogens (tertiary/aromatic N) is 3. The van der Waals surface area contributed by atoms with Crippen LogP contribution in [-0.2, 0) is 21.5 Å². The molecular formula is C16H18N4O3. The van der Waals surface area contributed by atoms with Crippen LogP contribution in [0.25, 0.3) is 0 Å². The minimum Gasteiger partial charge on any atom is -0.480 e. The molecule has 1 amide bonds. The van der Waals surface area contributed by atoms with Crippen LogP contribution in [0.1, 0.15) is 31.2 Å². The molecule has 0 saturated heterocycles. The first-order valence-corrected chi connectivity index (χ1v) is 7.57. The number of aromatic nitrogens is 3. The first-order valence-electron chi connectivity index (χ1n) is 7.57. The van der Waals surface area contributed by atoms with Crippen molar-refractivity contribution in [3.63, 3.8) is 0 Å². The summed E-state index contributed by atoms with van der Waals surface area (Å²) in [6.45, 7) is -0.233. The molecule has 120 valence electrons. The number of amides is 1. The summed E-state index contributed by atoms with van der Waals surface area (Å²) in [5.41, 5.74) is 0.338. The van der Waals surface area contributed by atoms with E-state index in [0.29, 0.717) is 5.82 Å². The lowest BCUT2D eigenvalue weighted by molar-refractivity contribution is -0.137. The Kier molecular flexibility index (Phi) is 4.10. The average Bonchev–Trinajstić information content (AvgIpc) is 3.18. The van der Waals surface area contributed by atoms with Gasteiger partial charge < -0.3 is 10.4 Å². The topological polar surface area (TPSA) is 97.1 Å². The zero-order valence-electron chi connectivity index (χ0n) is 12.6. The van der Waals surface area contributed by atoms with Crippen LogP contribution in [0.4, 0.5) is 5.82 Å². The molecular weight excluding hydrogens is 296 g/mol. The molecule has 0 spiro atoms. The third-order valence-corrected chi connectivity index (χ3v) is 4.29. The van der Waals surface area contributed by atoms with Crippen LogP contribution < -0.4 is 5.32 Å². The predicted octanol–water partition coefficient (Wildman–Crippen LogP) is 1.81. The summed E-state index contributed by atoms with van der Waals surface area (Å²) in [5, 5.41) is 15.7. The first kappa shape index (κ1) is 15.2. The lowest BCUT2D eigenvalue weighted by Crippen LogP contribution is -2.38. The van der Waals surface area contributed by atoms with E-state index < -0.39 is 11.4 Å². The second-order valence-corrected chi connectivity index (χ2v) is 5.78. The normalized spacial score (nSPS) is 16.2. The van der Waals surface area contributed by atoms with Gasteiger partial charge in [-0.05, 0) is 24.5 Å². The highest BCUT2D eigenvalue weighted by Crippen LogP contribution is 2.41. The number of aliphatic carboxylic acids is 1. The third-order valence-electron chi connectivity index (χ3n) is 4.29. The maximum Gasteiger partial charge on any atom is 0.325 e. The number of carboxylic acids is 1. The number of hydrogen-bond donors (Lipinski definition) is 2. The molecule has 0 radical (unpaired) electrons. The molecule has 0 unspecified atom stereocenters. The van der Waals surface area contributed by atoms with Crippen molar-refractivity contribution in [3.8, 4) is 0 Å². The molecule has 0 bridgehead atoms. The SMILES string of the molecule is O=C(O)Cn1ccc(NC(=O)C2(c3cccnc3)CCCC2)n1. The van der Waals surface area contributed by atoms with Crippen LogP contribution in [0.2, 0.25) is 0 Å². The minimum atomic E-state index is -0.978. The summed E-state index contributed by atoms with van der Waals surface area (Å²) in [6, 6.07) is 5.37. The van der Waals surface area contributed by atoms with Crippen LogP contribution in [0.15, 0.2) is 36.8 Å². The van der Waals surface area contributed by atoms with Gasteiger partial charge in [-0.2, -0.15) is 5.10 Å².